The second-order valence-electron chi connectivity index (χ2n) is 2.93. The van der Waals surface area contributed by atoms with E-state index in [4.69, 9.17) is 9.05 Å². The van der Waals surface area contributed by atoms with E-state index in [0.29, 0.717) is 13.2 Å². The average Bonchev–Trinajstić information content (AvgIpc) is 2.21. The molecule has 0 aliphatic heterocycles. The van der Waals surface area contributed by atoms with E-state index >= 15 is 0 Å². The molecule has 0 radical (unpaired) electrons. The molecule has 2 nitrogen and oxygen atoms in total. The van der Waals surface area contributed by atoms with Gasteiger partial charge in [0.2, 0.25) is 0 Å². The van der Waals surface area contributed by atoms with Crippen LogP contribution < -0.4 is 0 Å². The van der Waals surface area contributed by atoms with E-state index < -0.39 is 8.38 Å². The van der Waals surface area contributed by atoms with Gasteiger partial charge in [-0.15, -0.1) is 13.2 Å². The van der Waals surface area contributed by atoms with Crippen molar-refractivity contribution in [3.05, 3.63) is 25.3 Å². The fourth-order valence-electron chi connectivity index (χ4n) is 0.929. The van der Waals surface area contributed by atoms with Crippen molar-refractivity contribution < 1.29 is 9.05 Å². The molecule has 0 atom stereocenters. The van der Waals surface area contributed by atoms with Gasteiger partial charge in [0.15, 0.2) is 8.38 Å². The Morgan fingerprint density at radius 2 is 1.64 bits per heavy atom. The van der Waals surface area contributed by atoms with Crippen LogP contribution in [0.4, 0.5) is 0 Å². The SMILES string of the molecule is C=CCOP(CCCCC)OCC=C. The second kappa shape index (κ2) is 10.9. The lowest BCUT2D eigenvalue weighted by Crippen LogP contribution is -1.96. The van der Waals surface area contributed by atoms with Crippen molar-refractivity contribution in [3.8, 4) is 0 Å². The molecule has 0 fully saturated rings. The van der Waals surface area contributed by atoms with Crippen LogP contribution in [0.15, 0.2) is 25.3 Å². The molecule has 0 N–H and O–H groups in total. The van der Waals surface area contributed by atoms with E-state index in [2.05, 4.69) is 20.1 Å². The topological polar surface area (TPSA) is 18.5 Å². The number of hydrogen-bond donors (Lipinski definition) is 0. The molecule has 82 valence electrons. The molecule has 0 rings (SSSR count). The molecule has 0 unspecified atom stereocenters. The number of hydrogen-bond acceptors (Lipinski definition) is 2. The maximum atomic E-state index is 5.52. The van der Waals surface area contributed by atoms with Crippen molar-refractivity contribution >= 4 is 8.38 Å². The summed E-state index contributed by atoms with van der Waals surface area (Å²) < 4.78 is 11.0. The summed E-state index contributed by atoms with van der Waals surface area (Å²) in [4.78, 5) is 0. The molecule has 0 bridgehead atoms. The summed E-state index contributed by atoms with van der Waals surface area (Å²) >= 11 is 0. The van der Waals surface area contributed by atoms with Crippen molar-refractivity contribution in [1.82, 2.24) is 0 Å². The fraction of sp³-hybridized carbons (Fsp3) is 0.636. The maximum Gasteiger partial charge on any atom is 0.171 e. The Morgan fingerprint density at radius 1 is 1.07 bits per heavy atom. The van der Waals surface area contributed by atoms with Crippen molar-refractivity contribution in [1.29, 1.82) is 0 Å². The molecule has 0 aromatic rings. The third kappa shape index (κ3) is 8.43. The average molecular weight is 216 g/mol. The summed E-state index contributed by atoms with van der Waals surface area (Å²) in [5, 5.41) is 0. The molecular formula is C11H21O2P. The van der Waals surface area contributed by atoms with E-state index in [1.807, 2.05) is 0 Å². The molecule has 0 heterocycles. The van der Waals surface area contributed by atoms with Gasteiger partial charge in [-0.05, 0) is 6.42 Å². The van der Waals surface area contributed by atoms with Crippen LogP contribution in [-0.2, 0) is 9.05 Å². The van der Waals surface area contributed by atoms with Gasteiger partial charge in [0.1, 0.15) is 0 Å². The first kappa shape index (κ1) is 13.8. The Balaban J connectivity index is 3.59. The Labute approximate surface area is 88.9 Å². The first-order valence-corrected chi connectivity index (χ1v) is 6.46. The van der Waals surface area contributed by atoms with Gasteiger partial charge in [0.05, 0.1) is 13.2 Å². The van der Waals surface area contributed by atoms with Crippen molar-refractivity contribution in [3.63, 3.8) is 0 Å². The zero-order valence-electron chi connectivity index (χ0n) is 9.08. The number of unbranched alkanes of at least 4 members (excludes halogenated alkanes) is 2. The van der Waals surface area contributed by atoms with Crippen molar-refractivity contribution in [2.24, 2.45) is 0 Å². The van der Waals surface area contributed by atoms with Gasteiger partial charge in [-0.2, -0.15) is 0 Å². The van der Waals surface area contributed by atoms with Crippen LogP contribution in [-0.4, -0.2) is 19.4 Å². The van der Waals surface area contributed by atoms with E-state index in [0.717, 1.165) is 6.16 Å². The minimum absolute atomic E-state index is 0.578. The van der Waals surface area contributed by atoms with E-state index in [9.17, 15) is 0 Å². The van der Waals surface area contributed by atoms with Crippen LogP contribution in [0, 0.1) is 0 Å². The largest absolute Gasteiger partial charge is 0.330 e. The lowest BCUT2D eigenvalue weighted by molar-refractivity contribution is 0.290. The Morgan fingerprint density at radius 3 is 2.07 bits per heavy atom. The zero-order chi connectivity index (χ0) is 10.6. The van der Waals surface area contributed by atoms with Gasteiger partial charge >= 0.3 is 0 Å². The van der Waals surface area contributed by atoms with Crippen LogP contribution in [0.3, 0.4) is 0 Å². The van der Waals surface area contributed by atoms with Gasteiger partial charge in [-0.3, -0.25) is 0 Å². The monoisotopic (exact) mass is 216 g/mol. The summed E-state index contributed by atoms with van der Waals surface area (Å²) in [5.74, 6) is 0. The third-order valence-electron chi connectivity index (χ3n) is 1.62. The molecule has 0 aliphatic rings. The summed E-state index contributed by atoms with van der Waals surface area (Å²) in [6.45, 7) is 10.6. The quantitative estimate of drug-likeness (QED) is 0.313. The maximum absolute atomic E-state index is 5.52. The van der Waals surface area contributed by atoms with Crippen LogP contribution in [0.25, 0.3) is 0 Å². The fourth-order valence-corrected chi connectivity index (χ4v) is 2.29. The first-order chi connectivity index (χ1) is 6.85. The molecule has 0 saturated carbocycles. The van der Waals surface area contributed by atoms with Gasteiger partial charge < -0.3 is 9.05 Å². The zero-order valence-corrected chi connectivity index (χ0v) is 9.97. The first-order valence-electron chi connectivity index (χ1n) is 5.10. The van der Waals surface area contributed by atoms with Crippen molar-refractivity contribution in [2.45, 2.75) is 26.2 Å². The Bertz CT molecular complexity index is 136. The third-order valence-corrected chi connectivity index (χ3v) is 3.17. The summed E-state index contributed by atoms with van der Waals surface area (Å²) in [6, 6.07) is 0. The van der Waals surface area contributed by atoms with Crippen LogP contribution >= 0.6 is 8.38 Å². The molecule has 3 heteroatoms. The van der Waals surface area contributed by atoms with E-state index in [1.54, 1.807) is 12.2 Å². The molecule has 14 heavy (non-hydrogen) atoms. The predicted molar refractivity (Wildman–Crippen MR) is 63.6 cm³/mol. The predicted octanol–water partition coefficient (Wildman–Crippen LogP) is 3.89. The molecule has 0 aromatic carbocycles. The van der Waals surface area contributed by atoms with E-state index in [-0.39, 0.29) is 0 Å². The second-order valence-corrected chi connectivity index (χ2v) is 4.56. The highest BCUT2D eigenvalue weighted by Crippen LogP contribution is 2.39. The Hall–Kier alpha value is -0.170. The molecule has 0 aromatic heterocycles. The highest BCUT2D eigenvalue weighted by Gasteiger charge is 2.07. The van der Waals surface area contributed by atoms with E-state index in [1.165, 1.54) is 19.3 Å². The van der Waals surface area contributed by atoms with Gasteiger partial charge in [0, 0.05) is 6.16 Å². The molecule has 0 aliphatic carbocycles. The molecule has 0 amide bonds. The summed E-state index contributed by atoms with van der Waals surface area (Å²) in [5.41, 5.74) is 0. The smallest absolute Gasteiger partial charge is 0.171 e. The molecule has 0 spiro atoms. The number of rotatable bonds is 10. The minimum Gasteiger partial charge on any atom is -0.330 e. The summed E-state index contributed by atoms with van der Waals surface area (Å²) in [7, 11) is -0.727. The standard InChI is InChI=1S/C11H21O2P/c1-4-7-8-11-14(12-9-5-2)13-10-6-3/h5-6H,2-4,7-11H2,1H3. The molecule has 0 saturated heterocycles. The van der Waals surface area contributed by atoms with Gasteiger partial charge in [-0.1, -0.05) is 31.9 Å². The van der Waals surface area contributed by atoms with Crippen LogP contribution in [0.1, 0.15) is 26.2 Å². The van der Waals surface area contributed by atoms with Gasteiger partial charge in [-0.25, -0.2) is 0 Å². The van der Waals surface area contributed by atoms with Crippen LogP contribution in [0.5, 0.6) is 0 Å². The lowest BCUT2D eigenvalue weighted by atomic mass is 10.3. The highest BCUT2D eigenvalue weighted by atomic mass is 31.2. The van der Waals surface area contributed by atoms with Crippen molar-refractivity contribution in [2.75, 3.05) is 19.4 Å². The molecular weight excluding hydrogens is 195 g/mol. The summed E-state index contributed by atoms with van der Waals surface area (Å²) in [6.07, 6.45) is 8.18. The van der Waals surface area contributed by atoms with Crippen LogP contribution in [0.2, 0.25) is 0 Å². The lowest BCUT2D eigenvalue weighted by Gasteiger charge is -2.15. The highest BCUT2D eigenvalue weighted by molar-refractivity contribution is 7.47. The Kier molecular flexibility index (Phi) is 10.8. The van der Waals surface area contributed by atoms with Gasteiger partial charge in [0.25, 0.3) is 0 Å². The normalized spacial score (nSPS) is 10.4. The minimum atomic E-state index is -0.727.